The predicted molar refractivity (Wildman–Crippen MR) is 82.4 cm³/mol. The third-order valence-electron chi connectivity index (χ3n) is 3.74. The lowest BCUT2D eigenvalue weighted by molar-refractivity contribution is 0.341. The third-order valence-corrected chi connectivity index (χ3v) is 3.74. The van der Waals surface area contributed by atoms with E-state index < -0.39 is 0 Å². The average Bonchev–Trinajstić information content (AvgIpc) is 2.99. The van der Waals surface area contributed by atoms with Crippen LogP contribution in [0.3, 0.4) is 0 Å². The van der Waals surface area contributed by atoms with Crippen LogP contribution in [0.5, 0.6) is 5.75 Å². The van der Waals surface area contributed by atoms with E-state index >= 15 is 0 Å². The number of nitrogens with zero attached hydrogens (tertiary/aromatic N) is 3. The first-order valence-electron chi connectivity index (χ1n) is 7.43. The summed E-state index contributed by atoms with van der Waals surface area (Å²) in [5.74, 6) is 2.30. The second-order valence-electron chi connectivity index (χ2n) is 5.24. The molecule has 1 aromatic carbocycles. The third kappa shape index (κ3) is 3.00. The number of H-pyrrole nitrogens is 1. The molecule has 0 saturated carbocycles. The molecule has 112 valence electrons. The Kier molecular flexibility index (Phi) is 4.06. The first-order chi connectivity index (χ1) is 10.3. The summed E-state index contributed by atoms with van der Waals surface area (Å²) in [6.07, 6.45) is 1.97. The van der Waals surface area contributed by atoms with Gasteiger partial charge in [0.05, 0.1) is 12.2 Å². The highest BCUT2D eigenvalue weighted by atomic mass is 16.5. The van der Waals surface area contributed by atoms with Crippen molar-refractivity contribution in [3.63, 3.8) is 0 Å². The van der Waals surface area contributed by atoms with Gasteiger partial charge in [-0.3, -0.25) is 5.10 Å². The molecular formula is C15H21N5O. The van der Waals surface area contributed by atoms with E-state index in [1.165, 1.54) is 0 Å². The van der Waals surface area contributed by atoms with Gasteiger partial charge in [0, 0.05) is 19.1 Å². The number of rotatable bonds is 4. The summed E-state index contributed by atoms with van der Waals surface area (Å²) < 4.78 is 5.64. The Morgan fingerprint density at radius 3 is 2.86 bits per heavy atom. The molecule has 2 aromatic rings. The van der Waals surface area contributed by atoms with Crippen LogP contribution in [0.25, 0.3) is 11.4 Å². The topological polar surface area (TPSA) is 80.1 Å². The number of aromatic amines is 1. The maximum absolute atomic E-state index is 5.93. The monoisotopic (exact) mass is 287 g/mol. The van der Waals surface area contributed by atoms with Gasteiger partial charge in [-0.25, -0.2) is 0 Å². The minimum absolute atomic E-state index is 0.304. The van der Waals surface area contributed by atoms with E-state index in [1.807, 2.05) is 31.2 Å². The van der Waals surface area contributed by atoms with E-state index in [-0.39, 0.29) is 0 Å². The van der Waals surface area contributed by atoms with E-state index in [0.717, 1.165) is 49.0 Å². The standard InChI is InChI=1S/C15H21N5O/c1-2-21-13-6-4-3-5-12(13)14-17-15(19-18-14)20-9-7-11(16)8-10-20/h3-6,11H,2,7-10,16H2,1H3,(H,17,18,19). The second kappa shape index (κ2) is 6.13. The van der Waals surface area contributed by atoms with Crippen LogP contribution in [0, 0.1) is 0 Å². The summed E-state index contributed by atoms with van der Waals surface area (Å²) in [7, 11) is 0. The van der Waals surface area contributed by atoms with Gasteiger partial charge in [-0.2, -0.15) is 4.98 Å². The number of nitrogens with two attached hydrogens (primary N) is 1. The van der Waals surface area contributed by atoms with Crippen LogP contribution >= 0.6 is 0 Å². The van der Waals surface area contributed by atoms with E-state index in [0.29, 0.717) is 12.6 Å². The maximum atomic E-state index is 5.93. The summed E-state index contributed by atoms with van der Waals surface area (Å²) in [4.78, 5) is 6.78. The van der Waals surface area contributed by atoms with Gasteiger partial charge in [0.15, 0.2) is 5.82 Å². The summed E-state index contributed by atoms with van der Waals surface area (Å²) >= 11 is 0. The van der Waals surface area contributed by atoms with Crippen molar-refractivity contribution in [2.45, 2.75) is 25.8 Å². The highest BCUT2D eigenvalue weighted by Crippen LogP contribution is 2.28. The van der Waals surface area contributed by atoms with Crippen LogP contribution in [0.2, 0.25) is 0 Å². The van der Waals surface area contributed by atoms with Crippen molar-refractivity contribution in [2.24, 2.45) is 5.73 Å². The van der Waals surface area contributed by atoms with E-state index in [4.69, 9.17) is 10.5 Å². The van der Waals surface area contributed by atoms with Crippen molar-refractivity contribution in [3.8, 4) is 17.1 Å². The van der Waals surface area contributed by atoms with Crippen LogP contribution in [-0.4, -0.2) is 40.9 Å². The van der Waals surface area contributed by atoms with E-state index in [2.05, 4.69) is 20.1 Å². The lowest BCUT2D eigenvalue weighted by Crippen LogP contribution is -2.40. The smallest absolute Gasteiger partial charge is 0.245 e. The molecule has 1 aliphatic heterocycles. The van der Waals surface area contributed by atoms with E-state index in [9.17, 15) is 0 Å². The number of aromatic nitrogens is 3. The molecule has 6 heteroatoms. The van der Waals surface area contributed by atoms with Gasteiger partial charge in [0.2, 0.25) is 5.95 Å². The van der Waals surface area contributed by atoms with Crippen LogP contribution in [0.15, 0.2) is 24.3 Å². The highest BCUT2D eigenvalue weighted by Gasteiger charge is 2.20. The predicted octanol–water partition coefficient (Wildman–Crippen LogP) is 1.80. The number of hydrogen-bond donors (Lipinski definition) is 2. The zero-order chi connectivity index (χ0) is 14.7. The van der Waals surface area contributed by atoms with Crippen molar-refractivity contribution in [3.05, 3.63) is 24.3 Å². The Morgan fingerprint density at radius 1 is 1.33 bits per heavy atom. The Bertz CT molecular complexity index is 589. The molecule has 0 bridgehead atoms. The molecule has 0 atom stereocenters. The normalized spacial score (nSPS) is 16.2. The zero-order valence-corrected chi connectivity index (χ0v) is 12.2. The molecule has 2 heterocycles. The number of ether oxygens (including phenoxy) is 1. The Labute approximate surface area is 124 Å². The average molecular weight is 287 g/mol. The number of nitrogens with one attached hydrogen (secondary N) is 1. The molecule has 0 radical (unpaired) electrons. The minimum Gasteiger partial charge on any atom is -0.493 e. The van der Waals surface area contributed by atoms with Crippen LogP contribution in [0.1, 0.15) is 19.8 Å². The van der Waals surface area contributed by atoms with Crippen LogP contribution in [-0.2, 0) is 0 Å². The van der Waals surface area contributed by atoms with Crippen molar-refractivity contribution in [1.82, 2.24) is 15.2 Å². The van der Waals surface area contributed by atoms with Gasteiger partial charge >= 0.3 is 0 Å². The summed E-state index contributed by atoms with van der Waals surface area (Å²) in [5.41, 5.74) is 6.87. The van der Waals surface area contributed by atoms with Gasteiger partial charge < -0.3 is 15.4 Å². The lowest BCUT2D eigenvalue weighted by atomic mass is 10.1. The van der Waals surface area contributed by atoms with Crippen LogP contribution < -0.4 is 15.4 Å². The second-order valence-corrected chi connectivity index (χ2v) is 5.24. The molecular weight excluding hydrogens is 266 g/mol. The van der Waals surface area contributed by atoms with Crippen LogP contribution in [0.4, 0.5) is 5.95 Å². The Morgan fingerprint density at radius 2 is 2.10 bits per heavy atom. The lowest BCUT2D eigenvalue weighted by Gasteiger charge is -2.28. The zero-order valence-electron chi connectivity index (χ0n) is 12.2. The van der Waals surface area contributed by atoms with Crippen molar-refractivity contribution in [2.75, 3.05) is 24.6 Å². The molecule has 0 aliphatic carbocycles. The molecule has 21 heavy (non-hydrogen) atoms. The fraction of sp³-hybridized carbons (Fsp3) is 0.467. The number of benzene rings is 1. The number of piperidine rings is 1. The molecule has 0 amide bonds. The first kappa shape index (κ1) is 13.9. The first-order valence-corrected chi connectivity index (χ1v) is 7.43. The summed E-state index contributed by atoms with van der Waals surface area (Å²) in [6.45, 7) is 4.42. The summed E-state index contributed by atoms with van der Waals surface area (Å²) in [5, 5.41) is 7.35. The molecule has 1 saturated heterocycles. The molecule has 1 fully saturated rings. The van der Waals surface area contributed by atoms with Gasteiger partial charge in [-0.15, -0.1) is 5.10 Å². The molecule has 3 rings (SSSR count). The highest BCUT2D eigenvalue weighted by molar-refractivity contribution is 5.64. The fourth-order valence-electron chi connectivity index (χ4n) is 2.56. The van der Waals surface area contributed by atoms with Gasteiger partial charge in [-0.05, 0) is 31.9 Å². The maximum Gasteiger partial charge on any atom is 0.245 e. The van der Waals surface area contributed by atoms with Gasteiger partial charge in [-0.1, -0.05) is 12.1 Å². The molecule has 6 nitrogen and oxygen atoms in total. The fourth-order valence-corrected chi connectivity index (χ4v) is 2.56. The largest absolute Gasteiger partial charge is 0.493 e. The minimum atomic E-state index is 0.304. The van der Waals surface area contributed by atoms with Gasteiger partial charge in [0.1, 0.15) is 5.75 Å². The molecule has 3 N–H and O–H groups in total. The van der Waals surface area contributed by atoms with E-state index in [1.54, 1.807) is 0 Å². The Balaban J connectivity index is 1.82. The van der Waals surface area contributed by atoms with Crippen molar-refractivity contribution in [1.29, 1.82) is 0 Å². The summed E-state index contributed by atoms with van der Waals surface area (Å²) in [6, 6.07) is 8.17. The number of hydrogen-bond acceptors (Lipinski definition) is 5. The Hall–Kier alpha value is -2.08. The van der Waals surface area contributed by atoms with Crippen molar-refractivity contribution < 1.29 is 4.74 Å². The number of anilines is 1. The SMILES string of the molecule is CCOc1ccccc1-c1nc(N2CCC(N)CC2)n[nH]1. The molecule has 0 spiro atoms. The molecule has 1 aliphatic rings. The number of para-hydroxylation sites is 1. The molecule has 0 unspecified atom stereocenters. The molecule has 1 aromatic heterocycles. The van der Waals surface area contributed by atoms with Crippen molar-refractivity contribution >= 4 is 5.95 Å². The van der Waals surface area contributed by atoms with Gasteiger partial charge in [0.25, 0.3) is 0 Å². The quantitative estimate of drug-likeness (QED) is 0.896.